The zero-order valence-corrected chi connectivity index (χ0v) is 14.3. The molecule has 1 aromatic heterocycles. The van der Waals surface area contributed by atoms with E-state index in [4.69, 9.17) is 19.9 Å². The molecule has 0 fully saturated rings. The molecule has 0 spiro atoms. The molecule has 1 heterocycles. The number of rotatable bonds is 4. The first kappa shape index (κ1) is 16.8. The lowest BCUT2D eigenvalue weighted by Gasteiger charge is -2.11. The van der Waals surface area contributed by atoms with Crippen LogP contribution >= 0.6 is 10.7 Å². The minimum atomic E-state index is -3.86. The smallest absolute Gasteiger partial charge is 0.261 e. The number of ether oxygens (including phenoxy) is 1. The summed E-state index contributed by atoms with van der Waals surface area (Å²) in [5.41, 5.74) is 0.107. The van der Waals surface area contributed by atoms with Gasteiger partial charge in [0.2, 0.25) is 11.7 Å². The van der Waals surface area contributed by atoms with Gasteiger partial charge in [-0.1, -0.05) is 25.9 Å². The summed E-state index contributed by atoms with van der Waals surface area (Å²) in [6.07, 6.45) is 0. The van der Waals surface area contributed by atoms with E-state index in [0.717, 1.165) is 0 Å². The molecule has 0 aliphatic carbocycles. The lowest BCUT2D eigenvalue weighted by Crippen LogP contribution is -2.11. The van der Waals surface area contributed by atoms with E-state index in [1.165, 1.54) is 18.2 Å². The van der Waals surface area contributed by atoms with Crippen LogP contribution in [0.4, 0.5) is 0 Å². The number of halogens is 1. The van der Waals surface area contributed by atoms with Gasteiger partial charge < -0.3 is 9.26 Å². The summed E-state index contributed by atoms with van der Waals surface area (Å²) in [6, 6.07) is 4.29. The zero-order valence-electron chi connectivity index (χ0n) is 12.8. The lowest BCUT2D eigenvalue weighted by molar-refractivity contribution is 0.320. The number of benzene rings is 1. The molecule has 0 bridgehead atoms. The van der Waals surface area contributed by atoms with Crippen LogP contribution in [0.3, 0.4) is 0 Å². The van der Waals surface area contributed by atoms with Gasteiger partial charge in [0, 0.05) is 16.1 Å². The van der Waals surface area contributed by atoms with Crippen LogP contribution in [0.15, 0.2) is 27.6 Å². The molecule has 0 saturated heterocycles. The Kier molecular flexibility index (Phi) is 4.49. The summed E-state index contributed by atoms with van der Waals surface area (Å²) in [6.45, 7) is 8.06. The number of hydrogen-bond acceptors (Lipinski definition) is 6. The van der Waals surface area contributed by atoms with E-state index in [9.17, 15) is 8.42 Å². The van der Waals surface area contributed by atoms with Crippen LogP contribution in [0, 0.1) is 0 Å². The fraction of sp³-hybridized carbons (Fsp3) is 0.429. The van der Waals surface area contributed by atoms with Crippen molar-refractivity contribution in [2.45, 2.75) is 38.0 Å². The molecule has 2 rings (SSSR count). The van der Waals surface area contributed by atoms with Crippen LogP contribution in [0.2, 0.25) is 0 Å². The predicted molar refractivity (Wildman–Crippen MR) is 82.6 cm³/mol. The van der Waals surface area contributed by atoms with E-state index in [-0.39, 0.29) is 16.1 Å². The maximum absolute atomic E-state index is 11.5. The third-order valence-electron chi connectivity index (χ3n) is 2.84. The van der Waals surface area contributed by atoms with E-state index in [1.807, 2.05) is 27.7 Å². The molecule has 0 atom stereocenters. The van der Waals surface area contributed by atoms with Gasteiger partial charge in [0.1, 0.15) is 5.75 Å². The fourth-order valence-electron chi connectivity index (χ4n) is 1.75. The Balaban J connectivity index is 2.58. The average molecular weight is 345 g/mol. The summed E-state index contributed by atoms with van der Waals surface area (Å²) in [7, 11) is 1.54. The highest BCUT2D eigenvalue weighted by atomic mass is 35.7. The largest absolute Gasteiger partial charge is 0.493 e. The first-order chi connectivity index (χ1) is 10.1. The van der Waals surface area contributed by atoms with Crippen molar-refractivity contribution in [3.05, 3.63) is 24.1 Å². The minimum Gasteiger partial charge on any atom is -0.493 e. The third-order valence-corrected chi connectivity index (χ3v) is 4.19. The summed E-state index contributed by atoms with van der Waals surface area (Å²) in [5.74, 6) is 1.17. The maximum Gasteiger partial charge on any atom is 0.261 e. The molecule has 0 amide bonds. The third kappa shape index (κ3) is 3.59. The minimum absolute atomic E-state index is 0.0465. The Labute approximate surface area is 133 Å². The van der Waals surface area contributed by atoms with Gasteiger partial charge in [-0.3, -0.25) is 0 Å². The average Bonchev–Trinajstić information content (AvgIpc) is 2.87. The Morgan fingerprint density at radius 3 is 2.50 bits per heavy atom. The van der Waals surface area contributed by atoms with Gasteiger partial charge in [-0.15, -0.1) is 0 Å². The molecule has 120 valence electrons. The van der Waals surface area contributed by atoms with Crippen molar-refractivity contribution in [2.75, 3.05) is 6.61 Å². The van der Waals surface area contributed by atoms with Crippen molar-refractivity contribution in [2.24, 2.45) is 0 Å². The van der Waals surface area contributed by atoms with Gasteiger partial charge in [-0.25, -0.2) is 8.42 Å². The van der Waals surface area contributed by atoms with Crippen LogP contribution in [-0.4, -0.2) is 25.2 Å². The van der Waals surface area contributed by atoms with Crippen LogP contribution < -0.4 is 4.74 Å². The molecule has 8 heteroatoms. The molecule has 2 aromatic rings. The molecular weight excluding hydrogens is 328 g/mol. The second-order valence-corrected chi connectivity index (χ2v) is 8.27. The Bertz CT molecular complexity index is 778. The van der Waals surface area contributed by atoms with Gasteiger partial charge in [0.05, 0.1) is 17.1 Å². The van der Waals surface area contributed by atoms with Gasteiger partial charge in [0.25, 0.3) is 9.05 Å². The van der Waals surface area contributed by atoms with Gasteiger partial charge >= 0.3 is 0 Å². The SMILES string of the molecule is CCOc1ccc(S(=O)(=O)Cl)cc1-c1noc(C(C)(C)C)n1. The molecular formula is C14H17ClN2O4S. The van der Waals surface area contributed by atoms with Gasteiger partial charge in [-0.05, 0) is 25.1 Å². The normalized spacial score (nSPS) is 12.4. The van der Waals surface area contributed by atoms with Crippen LogP contribution in [0.25, 0.3) is 11.4 Å². The van der Waals surface area contributed by atoms with Gasteiger partial charge in [0.15, 0.2) is 0 Å². The molecule has 0 saturated carbocycles. The van der Waals surface area contributed by atoms with Crippen LogP contribution in [0.5, 0.6) is 5.75 Å². The second kappa shape index (κ2) is 5.89. The van der Waals surface area contributed by atoms with Crippen LogP contribution in [-0.2, 0) is 14.5 Å². The topological polar surface area (TPSA) is 82.3 Å². The molecule has 0 aliphatic rings. The summed E-state index contributed by atoms with van der Waals surface area (Å²) in [4.78, 5) is 4.28. The van der Waals surface area contributed by atoms with Crippen molar-refractivity contribution in [1.29, 1.82) is 0 Å². The Morgan fingerprint density at radius 1 is 1.32 bits per heavy atom. The van der Waals surface area contributed by atoms with Gasteiger partial charge in [-0.2, -0.15) is 4.98 Å². The van der Waals surface area contributed by atoms with Crippen molar-refractivity contribution in [1.82, 2.24) is 10.1 Å². The van der Waals surface area contributed by atoms with Crippen LogP contribution in [0.1, 0.15) is 33.6 Å². The first-order valence-electron chi connectivity index (χ1n) is 6.69. The fourth-order valence-corrected chi connectivity index (χ4v) is 2.53. The predicted octanol–water partition coefficient (Wildman–Crippen LogP) is 3.36. The van der Waals surface area contributed by atoms with Crippen molar-refractivity contribution >= 4 is 19.7 Å². The van der Waals surface area contributed by atoms with E-state index in [1.54, 1.807) is 0 Å². The molecule has 0 N–H and O–H groups in total. The molecule has 22 heavy (non-hydrogen) atoms. The molecule has 0 aliphatic heterocycles. The molecule has 6 nitrogen and oxygen atoms in total. The standard InChI is InChI=1S/C14H17ClN2O4S/c1-5-20-11-7-6-9(22(15,18)19)8-10(11)12-16-13(21-17-12)14(2,3)4/h6-8H,5H2,1-4H3. The zero-order chi connectivity index (χ0) is 16.5. The highest BCUT2D eigenvalue weighted by Gasteiger charge is 2.24. The lowest BCUT2D eigenvalue weighted by atomic mass is 9.97. The highest BCUT2D eigenvalue weighted by molar-refractivity contribution is 8.13. The second-order valence-electron chi connectivity index (χ2n) is 5.70. The number of hydrogen-bond donors (Lipinski definition) is 0. The first-order valence-corrected chi connectivity index (χ1v) is 9.00. The highest BCUT2D eigenvalue weighted by Crippen LogP contribution is 2.33. The number of aromatic nitrogens is 2. The Morgan fingerprint density at radius 2 is 2.00 bits per heavy atom. The number of nitrogens with zero attached hydrogens (tertiary/aromatic N) is 2. The summed E-state index contributed by atoms with van der Waals surface area (Å²) in [5, 5.41) is 3.91. The summed E-state index contributed by atoms with van der Waals surface area (Å²) < 4.78 is 33.8. The van der Waals surface area contributed by atoms with E-state index in [0.29, 0.717) is 23.8 Å². The van der Waals surface area contributed by atoms with E-state index in [2.05, 4.69) is 10.1 Å². The molecule has 0 unspecified atom stereocenters. The molecule has 1 aromatic carbocycles. The summed E-state index contributed by atoms with van der Waals surface area (Å²) >= 11 is 0. The Hall–Kier alpha value is -1.60. The monoisotopic (exact) mass is 344 g/mol. The maximum atomic E-state index is 11.5. The van der Waals surface area contributed by atoms with Crippen molar-refractivity contribution < 1.29 is 17.7 Å². The van der Waals surface area contributed by atoms with Crippen molar-refractivity contribution in [3.8, 4) is 17.1 Å². The van der Waals surface area contributed by atoms with Crippen molar-refractivity contribution in [3.63, 3.8) is 0 Å². The van der Waals surface area contributed by atoms with E-state index < -0.39 is 9.05 Å². The quantitative estimate of drug-likeness (QED) is 0.791. The van der Waals surface area contributed by atoms with E-state index >= 15 is 0 Å². The molecule has 0 radical (unpaired) electrons.